The van der Waals surface area contributed by atoms with Crippen LogP contribution >= 0.6 is 15.9 Å². The van der Waals surface area contributed by atoms with Gasteiger partial charge < -0.3 is 0 Å². The van der Waals surface area contributed by atoms with E-state index in [9.17, 15) is 18.0 Å². The number of hydrogen-bond acceptors (Lipinski definition) is 1. The van der Waals surface area contributed by atoms with Crippen LogP contribution < -0.4 is 0 Å². The highest BCUT2D eigenvalue weighted by molar-refractivity contribution is 9.10. The first-order chi connectivity index (χ1) is 8.95. The summed E-state index contributed by atoms with van der Waals surface area (Å²) < 4.78 is 40.0. The van der Waals surface area contributed by atoms with Crippen molar-refractivity contribution in [3.63, 3.8) is 0 Å². The van der Waals surface area contributed by atoms with Gasteiger partial charge in [0.2, 0.25) is 0 Å². The van der Waals surface area contributed by atoms with Gasteiger partial charge in [-0.3, -0.25) is 4.79 Å². The minimum absolute atomic E-state index is 0.112. The Hall–Kier alpha value is -1.62. The number of rotatable bonds is 3. The smallest absolute Gasteiger partial charge is 0.170 e. The second-order valence-electron chi connectivity index (χ2n) is 4.00. The first-order valence-corrected chi connectivity index (χ1v) is 6.18. The molecule has 0 bridgehead atoms. The van der Waals surface area contributed by atoms with Crippen molar-refractivity contribution >= 4 is 21.7 Å². The van der Waals surface area contributed by atoms with Gasteiger partial charge in [-0.2, -0.15) is 0 Å². The second kappa shape index (κ2) is 5.57. The molecule has 2 rings (SSSR count). The molecular formula is C14H8BrF3O. The molecule has 0 spiro atoms. The molecular weight excluding hydrogens is 321 g/mol. The highest BCUT2D eigenvalue weighted by Crippen LogP contribution is 2.18. The summed E-state index contributed by atoms with van der Waals surface area (Å²) >= 11 is 3.13. The van der Waals surface area contributed by atoms with E-state index in [0.29, 0.717) is 10.5 Å². The predicted molar refractivity (Wildman–Crippen MR) is 68.5 cm³/mol. The van der Waals surface area contributed by atoms with Gasteiger partial charge in [0.15, 0.2) is 5.78 Å². The fraction of sp³-hybridized carbons (Fsp3) is 0.0714. The van der Waals surface area contributed by atoms with Gasteiger partial charge in [0.05, 0.1) is 5.56 Å². The molecule has 0 unspecified atom stereocenters. The minimum Gasteiger partial charge on any atom is -0.294 e. The van der Waals surface area contributed by atoms with Crippen molar-refractivity contribution in [2.24, 2.45) is 0 Å². The van der Waals surface area contributed by atoms with Crippen LogP contribution in [0.25, 0.3) is 0 Å². The Bertz CT molecular complexity index is 620. The third-order valence-electron chi connectivity index (χ3n) is 2.52. The lowest BCUT2D eigenvalue weighted by molar-refractivity contribution is 0.0989. The Morgan fingerprint density at radius 2 is 1.63 bits per heavy atom. The SMILES string of the molecule is O=C(Cc1cc(F)cc(F)c1)c1cc(Br)ccc1F. The molecule has 0 aliphatic rings. The standard InChI is InChI=1S/C14H8BrF3O/c15-9-1-2-13(18)12(6-9)14(19)5-8-3-10(16)7-11(17)4-8/h1-4,6-7H,5H2. The Balaban J connectivity index is 2.28. The monoisotopic (exact) mass is 328 g/mol. The van der Waals surface area contributed by atoms with Crippen molar-refractivity contribution in [1.82, 2.24) is 0 Å². The van der Waals surface area contributed by atoms with Gasteiger partial charge in [-0.15, -0.1) is 0 Å². The maximum atomic E-state index is 13.5. The quantitative estimate of drug-likeness (QED) is 0.768. The van der Waals surface area contributed by atoms with E-state index in [1.54, 1.807) is 0 Å². The maximum Gasteiger partial charge on any atom is 0.170 e. The van der Waals surface area contributed by atoms with Crippen molar-refractivity contribution in [2.45, 2.75) is 6.42 Å². The molecule has 98 valence electrons. The zero-order valence-electron chi connectivity index (χ0n) is 9.59. The Labute approximate surface area is 116 Å². The molecule has 0 heterocycles. The van der Waals surface area contributed by atoms with E-state index in [0.717, 1.165) is 18.2 Å². The van der Waals surface area contributed by atoms with Crippen LogP contribution in [0.1, 0.15) is 15.9 Å². The van der Waals surface area contributed by atoms with Crippen LogP contribution in [0.4, 0.5) is 13.2 Å². The summed E-state index contributed by atoms with van der Waals surface area (Å²) in [5.74, 6) is -2.73. The third kappa shape index (κ3) is 3.44. The first-order valence-electron chi connectivity index (χ1n) is 5.39. The molecule has 5 heteroatoms. The Morgan fingerprint density at radius 1 is 1.00 bits per heavy atom. The van der Waals surface area contributed by atoms with Gasteiger partial charge >= 0.3 is 0 Å². The maximum absolute atomic E-state index is 13.5. The highest BCUT2D eigenvalue weighted by atomic mass is 79.9. The average Bonchev–Trinajstić information content (AvgIpc) is 2.30. The molecule has 0 atom stereocenters. The van der Waals surface area contributed by atoms with E-state index in [2.05, 4.69) is 15.9 Å². The zero-order chi connectivity index (χ0) is 14.0. The average molecular weight is 329 g/mol. The predicted octanol–water partition coefficient (Wildman–Crippen LogP) is 4.29. The topological polar surface area (TPSA) is 17.1 Å². The molecule has 19 heavy (non-hydrogen) atoms. The largest absolute Gasteiger partial charge is 0.294 e. The fourth-order valence-electron chi connectivity index (χ4n) is 1.70. The van der Waals surface area contributed by atoms with Crippen LogP contribution in [0.2, 0.25) is 0 Å². The van der Waals surface area contributed by atoms with Gasteiger partial charge in [-0.1, -0.05) is 15.9 Å². The molecule has 1 nitrogen and oxygen atoms in total. The summed E-state index contributed by atoms with van der Waals surface area (Å²) in [6, 6.07) is 6.78. The summed E-state index contributed by atoms with van der Waals surface area (Å²) in [7, 11) is 0. The van der Waals surface area contributed by atoms with Crippen molar-refractivity contribution in [3.05, 3.63) is 69.4 Å². The highest BCUT2D eigenvalue weighted by Gasteiger charge is 2.14. The zero-order valence-corrected chi connectivity index (χ0v) is 11.2. The lowest BCUT2D eigenvalue weighted by Gasteiger charge is -2.04. The number of carbonyl (C=O) groups is 1. The molecule has 0 aliphatic heterocycles. The van der Waals surface area contributed by atoms with E-state index < -0.39 is 23.2 Å². The minimum atomic E-state index is -0.766. The summed E-state index contributed by atoms with van der Waals surface area (Å²) in [5, 5.41) is 0. The van der Waals surface area contributed by atoms with Crippen LogP contribution in [0.15, 0.2) is 40.9 Å². The molecule has 0 N–H and O–H groups in total. The third-order valence-corrected chi connectivity index (χ3v) is 3.01. The summed E-state index contributed by atoms with van der Waals surface area (Å²) in [6.45, 7) is 0. The molecule has 0 saturated carbocycles. The Morgan fingerprint density at radius 3 is 2.26 bits per heavy atom. The van der Waals surface area contributed by atoms with E-state index >= 15 is 0 Å². The van der Waals surface area contributed by atoms with E-state index in [-0.39, 0.29) is 17.5 Å². The van der Waals surface area contributed by atoms with Gasteiger partial charge in [0, 0.05) is 17.0 Å². The lowest BCUT2D eigenvalue weighted by atomic mass is 10.0. The number of ketones is 1. The number of Topliss-reactive ketones (excluding diaryl/α,β-unsaturated/α-hetero) is 1. The molecule has 0 amide bonds. The number of carbonyl (C=O) groups excluding carboxylic acids is 1. The Kier molecular flexibility index (Phi) is 4.04. The van der Waals surface area contributed by atoms with Crippen molar-refractivity contribution in [2.75, 3.05) is 0 Å². The number of hydrogen-bond donors (Lipinski definition) is 0. The number of benzene rings is 2. The molecule has 2 aromatic carbocycles. The van der Waals surface area contributed by atoms with Crippen LogP contribution in [0.5, 0.6) is 0 Å². The second-order valence-corrected chi connectivity index (χ2v) is 4.92. The molecule has 0 aromatic heterocycles. The van der Waals surface area contributed by atoms with Gasteiger partial charge in [0.25, 0.3) is 0 Å². The lowest BCUT2D eigenvalue weighted by Crippen LogP contribution is -2.06. The van der Waals surface area contributed by atoms with Crippen molar-refractivity contribution < 1.29 is 18.0 Å². The van der Waals surface area contributed by atoms with Gasteiger partial charge in [0.1, 0.15) is 17.5 Å². The van der Waals surface area contributed by atoms with Crippen LogP contribution in [0, 0.1) is 17.5 Å². The van der Waals surface area contributed by atoms with Crippen LogP contribution in [-0.4, -0.2) is 5.78 Å². The molecule has 2 aromatic rings. The van der Waals surface area contributed by atoms with E-state index in [1.807, 2.05) is 0 Å². The molecule has 0 radical (unpaired) electrons. The van der Waals surface area contributed by atoms with Crippen LogP contribution in [0.3, 0.4) is 0 Å². The van der Waals surface area contributed by atoms with Crippen LogP contribution in [-0.2, 0) is 6.42 Å². The molecule has 0 aliphatic carbocycles. The first kappa shape index (κ1) is 13.8. The molecule has 0 saturated heterocycles. The molecule has 0 fully saturated rings. The fourth-order valence-corrected chi connectivity index (χ4v) is 2.07. The van der Waals surface area contributed by atoms with Crippen molar-refractivity contribution in [1.29, 1.82) is 0 Å². The van der Waals surface area contributed by atoms with Gasteiger partial charge in [-0.25, -0.2) is 13.2 Å². The van der Waals surface area contributed by atoms with Crippen molar-refractivity contribution in [3.8, 4) is 0 Å². The number of halogens is 4. The van der Waals surface area contributed by atoms with E-state index in [1.165, 1.54) is 12.1 Å². The summed E-state index contributed by atoms with van der Waals surface area (Å²) in [6.07, 6.45) is -0.262. The van der Waals surface area contributed by atoms with Gasteiger partial charge in [-0.05, 0) is 35.9 Å². The normalized spacial score (nSPS) is 10.5. The summed E-state index contributed by atoms with van der Waals surface area (Å²) in [4.78, 5) is 11.9. The van der Waals surface area contributed by atoms with E-state index in [4.69, 9.17) is 0 Å². The summed E-state index contributed by atoms with van der Waals surface area (Å²) in [5.41, 5.74) is 0.0564.